The Morgan fingerprint density at radius 1 is 1.40 bits per heavy atom. The molecule has 1 aromatic carbocycles. The quantitative estimate of drug-likeness (QED) is 0.670. The second-order valence-electron chi connectivity index (χ2n) is 6.96. The van der Waals surface area contributed by atoms with Crippen molar-refractivity contribution in [3.63, 3.8) is 0 Å². The first kappa shape index (κ1) is 19.5. The fourth-order valence-electron chi connectivity index (χ4n) is 3.41. The number of imidazole rings is 1. The number of carbonyl (C=O) groups excluding carboxylic acids is 1. The zero-order valence-corrected chi connectivity index (χ0v) is 16.5. The van der Waals surface area contributed by atoms with E-state index in [0.717, 1.165) is 0 Å². The molecule has 1 amide bonds. The number of hydrogen-bond acceptors (Lipinski definition) is 6. The van der Waals surface area contributed by atoms with Crippen LogP contribution in [0.15, 0.2) is 47.8 Å². The van der Waals surface area contributed by atoms with Crippen molar-refractivity contribution in [2.45, 2.75) is 19.0 Å². The van der Waals surface area contributed by atoms with E-state index < -0.39 is 17.3 Å². The number of carbonyl (C=O) groups is 1. The largest absolute Gasteiger partial charge is 0.381 e. The van der Waals surface area contributed by atoms with Gasteiger partial charge in [0.25, 0.3) is 5.91 Å². The highest BCUT2D eigenvalue weighted by Gasteiger charge is 2.35. The number of amides is 1. The summed E-state index contributed by atoms with van der Waals surface area (Å²) < 4.78 is 16.5. The summed E-state index contributed by atoms with van der Waals surface area (Å²) in [7, 11) is 0. The molecular weight excluding hydrogens is 409 g/mol. The lowest BCUT2D eigenvalue weighted by molar-refractivity contribution is 0.102. The number of hydrogen-bond donors (Lipinski definition) is 2. The number of aliphatic imine (C=N–C) groups is 1. The van der Waals surface area contributed by atoms with Crippen LogP contribution in [0.4, 0.5) is 10.1 Å². The van der Waals surface area contributed by atoms with E-state index in [-0.39, 0.29) is 27.7 Å². The predicted molar refractivity (Wildman–Crippen MR) is 109 cm³/mol. The zero-order chi connectivity index (χ0) is 21.5. The maximum absolute atomic E-state index is 14.7. The number of nitriles is 1. The molecule has 8 nitrogen and oxygen atoms in total. The van der Waals surface area contributed by atoms with Gasteiger partial charge in [-0.05, 0) is 31.2 Å². The lowest BCUT2D eigenvalue weighted by Gasteiger charge is -2.31. The molecule has 150 valence electrons. The molecule has 3 aromatic rings. The monoisotopic (exact) mass is 423 g/mol. The number of amidine groups is 1. The Kier molecular flexibility index (Phi) is 4.72. The van der Waals surface area contributed by atoms with E-state index in [4.69, 9.17) is 17.3 Å². The first-order valence-corrected chi connectivity index (χ1v) is 9.22. The Bertz CT molecular complexity index is 1250. The second-order valence-corrected chi connectivity index (χ2v) is 7.40. The Morgan fingerprint density at radius 2 is 2.20 bits per heavy atom. The maximum Gasteiger partial charge on any atom is 0.275 e. The van der Waals surface area contributed by atoms with Crippen molar-refractivity contribution in [1.82, 2.24) is 14.5 Å². The molecule has 1 atom stereocenters. The van der Waals surface area contributed by atoms with Crippen LogP contribution in [0.1, 0.15) is 34.4 Å². The van der Waals surface area contributed by atoms with Gasteiger partial charge in [-0.15, -0.1) is 0 Å². The van der Waals surface area contributed by atoms with Crippen molar-refractivity contribution < 1.29 is 9.18 Å². The number of fused-ring (bicyclic) bond motifs is 1. The highest BCUT2D eigenvalue weighted by molar-refractivity contribution is 6.30. The smallest absolute Gasteiger partial charge is 0.275 e. The molecule has 0 radical (unpaired) electrons. The average molecular weight is 424 g/mol. The van der Waals surface area contributed by atoms with Crippen molar-refractivity contribution in [1.29, 1.82) is 5.26 Å². The van der Waals surface area contributed by atoms with Crippen molar-refractivity contribution in [3.05, 3.63) is 76.3 Å². The van der Waals surface area contributed by atoms with Crippen LogP contribution in [0, 0.1) is 17.1 Å². The molecule has 30 heavy (non-hydrogen) atoms. The predicted octanol–water partition coefficient (Wildman–Crippen LogP) is 2.83. The van der Waals surface area contributed by atoms with Gasteiger partial charge in [0.05, 0.1) is 17.1 Å². The van der Waals surface area contributed by atoms with Crippen LogP contribution in [0.3, 0.4) is 0 Å². The summed E-state index contributed by atoms with van der Waals surface area (Å²) in [6.07, 6.45) is 4.62. The summed E-state index contributed by atoms with van der Waals surface area (Å²) in [5.41, 5.74) is 5.55. The van der Waals surface area contributed by atoms with Gasteiger partial charge in [-0.25, -0.2) is 14.4 Å². The molecule has 4 rings (SSSR count). The zero-order valence-electron chi connectivity index (χ0n) is 15.7. The number of rotatable bonds is 3. The normalized spacial score (nSPS) is 17.6. The fourth-order valence-corrected chi connectivity index (χ4v) is 3.57. The van der Waals surface area contributed by atoms with Crippen LogP contribution >= 0.6 is 11.6 Å². The van der Waals surface area contributed by atoms with Crippen LogP contribution in [0.2, 0.25) is 5.02 Å². The third kappa shape index (κ3) is 3.38. The Morgan fingerprint density at radius 3 is 2.97 bits per heavy atom. The maximum atomic E-state index is 14.7. The molecule has 0 saturated heterocycles. The van der Waals surface area contributed by atoms with Crippen molar-refractivity contribution in [2.75, 3.05) is 5.32 Å². The summed E-state index contributed by atoms with van der Waals surface area (Å²) in [6.45, 7) is 2.08. The lowest BCUT2D eigenvalue weighted by Crippen LogP contribution is -2.37. The lowest BCUT2D eigenvalue weighted by atomic mass is 9.90. The molecule has 1 aliphatic rings. The fraction of sp³-hybridized carbons (Fsp3) is 0.150. The third-order valence-corrected chi connectivity index (χ3v) is 4.99. The third-order valence-electron chi connectivity index (χ3n) is 4.78. The van der Waals surface area contributed by atoms with Gasteiger partial charge >= 0.3 is 0 Å². The molecule has 0 fully saturated rings. The Balaban J connectivity index is 1.67. The number of nitrogens with two attached hydrogens (primary N) is 1. The minimum Gasteiger partial charge on any atom is -0.381 e. The van der Waals surface area contributed by atoms with Crippen molar-refractivity contribution in [3.8, 4) is 6.07 Å². The average Bonchev–Trinajstić information content (AvgIpc) is 3.17. The molecule has 2 aromatic heterocycles. The van der Waals surface area contributed by atoms with Crippen LogP contribution in [0.5, 0.6) is 0 Å². The van der Waals surface area contributed by atoms with E-state index in [9.17, 15) is 14.4 Å². The summed E-state index contributed by atoms with van der Waals surface area (Å²) in [5.74, 6) is -0.380. The molecule has 0 aliphatic carbocycles. The second kappa shape index (κ2) is 7.24. The van der Waals surface area contributed by atoms with Gasteiger partial charge in [-0.1, -0.05) is 11.6 Å². The van der Waals surface area contributed by atoms with Gasteiger partial charge in [0, 0.05) is 29.8 Å². The number of benzene rings is 1. The molecule has 1 unspecified atom stereocenters. The molecule has 0 bridgehead atoms. The van der Waals surface area contributed by atoms with Gasteiger partial charge in [0.1, 0.15) is 23.1 Å². The Hall–Kier alpha value is -3.77. The highest BCUT2D eigenvalue weighted by atomic mass is 35.5. The van der Waals surface area contributed by atoms with E-state index in [0.29, 0.717) is 18.1 Å². The standard InChI is InChI=1S/C20H15ClFN7O/c1-20(10-29-5-4-25-18(29)17(24)28-20)14-7-13(2-3-15(14)22)27-19(30)16-11(8-23)6-12(21)9-26-16/h2-7,9H,10H2,1H3,(H2,24,28)(H,27,30). The van der Waals surface area contributed by atoms with Gasteiger partial charge in [0.15, 0.2) is 11.7 Å². The van der Waals surface area contributed by atoms with E-state index in [2.05, 4.69) is 20.3 Å². The first-order chi connectivity index (χ1) is 14.3. The number of pyridine rings is 1. The SMILES string of the molecule is CC1(c2cc(NC(=O)c3ncc(Cl)cc3C#N)ccc2F)Cn2ccnc2C(N)=N1. The van der Waals surface area contributed by atoms with Crippen LogP contribution in [-0.4, -0.2) is 26.3 Å². The van der Waals surface area contributed by atoms with Crippen LogP contribution in [0.25, 0.3) is 0 Å². The molecule has 3 N–H and O–H groups in total. The van der Waals surface area contributed by atoms with Crippen LogP contribution in [-0.2, 0) is 12.1 Å². The van der Waals surface area contributed by atoms with Gasteiger partial charge in [-0.3, -0.25) is 9.79 Å². The molecule has 0 spiro atoms. The number of nitrogens with one attached hydrogen (secondary N) is 1. The topological polar surface area (TPSA) is 122 Å². The van der Waals surface area contributed by atoms with E-state index >= 15 is 0 Å². The molecule has 0 saturated carbocycles. The number of aromatic nitrogens is 3. The van der Waals surface area contributed by atoms with E-state index in [1.165, 1.54) is 30.5 Å². The van der Waals surface area contributed by atoms with Gasteiger partial charge in [0.2, 0.25) is 0 Å². The summed E-state index contributed by atoms with van der Waals surface area (Å²) in [5, 5.41) is 12.1. The van der Waals surface area contributed by atoms with Crippen LogP contribution < -0.4 is 11.1 Å². The summed E-state index contributed by atoms with van der Waals surface area (Å²) in [4.78, 5) is 25.2. The minimum atomic E-state index is -1.00. The van der Waals surface area contributed by atoms with Crippen molar-refractivity contribution in [2.24, 2.45) is 10.7 Å². The number of halogens is 2. The molecule has 10 heteroatoms. The summed E-state index contributed by atoms with van der Waals surface area (Å²) >= 11 is 5.82. The highest BCUT2D eigenvalue weighted by Crippen LogP contribution is 2.34. The van der Waals surface area contributed by atoms with E-state index in [1.807, 2.05) is 6.07 Å². The summed E-state index contributed by atoms with van der Waals surface area (Å²) in [6, 6.07) is 7.39. The van der Waals surface area contributed by atoms with Gasteiger partial charge in [-0.2, -0.15) is 5.26 Å². The first-order valence-electron chi connectivity index (χ1n) is 8.84. The molecule has 1 aliphatic heterocycles. The minimum absolute atomic E-state index is 0.0339. The number of nitrogens with zero attached hydrogens (tertiary/aromatic N) is 5. The number of anilines is 1. The molecule has 3 heterocycles. The molecular formula is C20H15ClFN7O. The Labute approximate surface area is 175 Å². The van der Waals surface area contributed by atoms with Gasteiger partial charge < -0.3 is 15.6 Å². The van der Waals surface area contributed by atoms with E-state index in [1.54, 1.807) is 23.9 Å². The van der Waals surface area contributed by atoms with Crippen molar-refractivity contribution >= 4 is 29.0 Å².